The van der Waals surface area contributed by atoms with E-state index in [1.807, 2.05) is 0 Å². The Hall–Kier alpha value is -3.37. The van der Waals surface area contributed by atoms with Gasteiger partial charge in [-0.2, -0.15) is 5.10 Å². The topological polar surface area (TPSA) is 113 Å². The maximum Gasteiger partial charge on any atom is 0.415 e. The monoisotopic (exact) mass is 429 g/mol. The van der Waals surface area contributed by atoms with Gasteiger partial charge in [-0.05, 0) is 50.6 Å². The summed E-state index contributed by atoms with van der Waals surface area (Å²) in [5, 5.41) is 6.77. The van der Waals surface area contributed by atoms with Crippen LogP contribution in [0.3, 0.4) is 0 Å². The second-order valence-corrected chi connectivity index (χ2v) is 8.28. The number of amides is 1. The predicted molar refractivity (Wildman–Crippen MR) is 110 cm³/mol. The molecule has 0 radical (unpaired) electrons. The van der Waals surface area contributed by atoms with Crippen LogP contribution in [0.1, 0.15) is 44.1 Å². The van der Waals surface area contributed by atoms with Crippen molar-refractivity contribution in [1.29, 1.82) is 0 Å². The van der Waals surface area contributed by atoms with Crippen LogP contribution in [-0.2, 0) is 4.74 Å². The highest BCUT2D eigenvalue weighted by atomic mass is 19.1. The first-order chi connectivity index (χ1) is 14.6. The maximum absolute atomic E-state index is 14.5. The molecule has 2 unspecified atom stereocenters. The van der Waals surface area contributed by atoms with E-state index in [2.05, 4.69) is 15.6 Å². The minimum Gasteiger partial charge on any atom is -0.443 e. The van der Waals surface area contributed by atoms with Crippen LogP contribution in [0.15, 0.2) is 41.2 Å². The van der Waals surface area contributed by atoms with Gasteiger partial charge in [0.2, 0.25) is 0 Å². The lowest BCUT2D eigenvalue weighted by atomic mass is 9.88. The number of aromatic amines is 1. The first-order valence-electron chi connectivity index (χ1n) is 9.56. The summed E-state index contributed by atoms with van der Waals surface area (Å²) in [7, 11) is 0. The number of nitrogens with zero attached hydrogens (tertiary/aromatic N) is 2. The normalized spacial score (nSPS) is 18.3. The average Bonchev–Trinajstić information content (AvgIpc) is 2.68. The number of nitrogens with two attached hydrogens (primary N) is 1. The molecule has 2 atom stereocenters. The highest BCUT2D eigenvalue weighted by molar-refractivity contribution is 6.04. The summed E-state index contributed by atoms with van der Waals surface area (Å²) in [4.78, 5) is 26.9. The fourth-order valence-corrected chi connectivity index (χ4v) is 3.83. The van der Waals surface area contributed by atoms with Gasteiger partial charge < -0.3 is 4.74 Å². The summed E-state index contributed by atoms with van der Waals surface area (Å²) in [6, 6.07) is 6.01. The lowest BCUT2D eigenvalue weighted by Gasteiger charge is -2.41. The number of hydrogen-bond acceptors (Lipinski definition) is 6. The highest BCUT2D eigenvalue weighted by Gasteiger charge is 2.43. The number of carbonyl (C=O) groups is 1. The molecule has 3 aromatic rings. The lowest BCUT2D eigenvalue weighted by Crippen LogP contribution is -2.48. The number of anilines is 1. The Kier molecular flexibility index (Phi) is 4.98. The number of benzene rings is 2. The third-order valence-corrected chi connectivity index (χ3v) is 4.99. The smallest absolute Gasteiger partial charge is 0.415 e. The van der Waals surface area contributed by atoms with Crippen molar-refractivity contribution in [2.24, 2.45) is 5.84 Å². The summed E-state index contributed by atoms with van der Waals surface area (Å²) in [6.45, 7) is 5.09. The van der Waals surface area contributed by atoms with Gasteiger partial charge in [0.25, 0.3) is 5.56 Å². The number of hydrogen-bond donors (Lipinski definition) is 3. The molecular weight excluding hydrogens is 408 g/mol. The molecule has 1 amide bonds. The van der Waals surface area contributed by atoms with Crippen molar-refractivity contribution in [3.63, 3.8) is 0 Å². The third-order valence-electron chi connectivity index (χ3n) is 4.99. The van der Waals surface area contributed by atoms with Gasteiger partial charge in [-0.1, -0.05) is 12.1 Å². The Balaban J connectivity index is 2.04. The van der Waals surface area contributed by atoms with E-state index >= 15 is 0 Å². The molecule has 0 fully saturated rings. The maximum atomic E-state index is 14.5. The van der Waals surface area contributed by atoms with Crippen molar-refractivity contribution < 1.29 is 18.3 Å². The fourth-order valence-electron chi connectivity index (χ4n) is 3.83. The number of aromatic nitrogens is 2. The Morgan fingerprint density at radius 3 is 2.48 bits per heavy atom. The Bertz CT molecular complexity index is 1220. The molecule has 1 aliphatic rings. The number of halogens is 2. The quantitative estimate of drug-likeness (QED) is 0.426. The van der Waals surface area contributed by atoms with E-state index in [1.54, 1.807) is 20.8 Å². The van der Waals surface area contributed by atoms with Crippen LogP contribution in [0.5, 0.6) is 0 Å². The van der Waals surface area contributed by atoms with Gasteiger partial charge in [0, 0.05) is 5.39 Å². The minimum absolute atomic E-state index is 0.0198. The van der Waals surface area contributed by atoms with E-state index in [-0.39, 0.29) is 16.5 Å². The minimum atomic E-state index is -0.864. The van der Waals surface area contributed by atoms with E-state index in [1.165, 1.54) is 29.2 Å². The zero-order chi connectivity index (χ0) is 22.5. The van der Waals surface area contributed by atoms with E-state index in [0.29, 0.717) is 11.3 Å². The summed E-state index contributed by atoms with van der Waals surface area (Å²) in [5.41, 5.74) is 2.10. The van der Waals surface area contributed by atoms with Crippen LogP contribution < -0.4 is 21.7 Å². The first-order valence-corrected chi connectivity index (χ1v) is 9.56. The van der Waals surface area contributed by atoms with Gasteiger partial charge in [0.1, 0.15) is 17.2 Å². The number of rotatable bonds is 2. The van der Waals surface area contributed by atoms with E-state index in [9.17, 15) is 18.4 Å². The third kappa shape index (κ3) is 3.64. The molecule has 162 valence electrons. The first kappa shape index (κ1) is 20.9. The van der Waals surface area contributed by atoms with Gasteiger partial charge in [0.15, 0.2) is 0 Å². The molecule has 2 heterocycles. The van der Waals surface area contributed by atoms with Crippen LogP contribution in [-0.4, -0.2) is 21.9 Å². The van der Waals surface area contributed by atoms with Gasteiger partial charge in [-0.3, -0.25) is 15.5 Å². The molecule has 2 aromatic carbocycles. The number of carbonyl (C=O) groups excluding carboxylic acids is 1. The molecule has 4 N–H and O–H groups in total. The number of H-pyrrole nitrogens is 1. The van der Waals surface area contributed by atoms with Crippen molar-refractivity contribution in [3.8, 4) is 0 Å². The van der Waals surface area contributed by atoms with E-state index in [4.69, 9.17) is 10.6 Å². The second kappa shape index (κ2) is 7.40. The van der Waals surface area contributed by atoms with Crippen LogP contribution in [0.25, 0.3) is 10.8 Å². The zero-order valence-corrected chi connectivity index (χ0v) is 17.1. The van der Waals surface area contributed by atoms with Crippen molar-refractivity contribution in [1.82, 2.24) is 15.6 Å². The van der Waals surface area contributed by atoms with Crippen LogP contribution >= 0.6 is 0 Å². The molecule has 8 nitrogen and oxygen atoms in total. The number of nitrogens with one attached hydrogen (secondary N) is 2. The molecule has 4 rings (SSSR count). The summed E-state index contributed by atoms with van der Waals surface area (Å²) in [6.07, 6.45) is -0.778. The molecule has 0 bridgehead atoms. The molecule has 0 spiro atoms. The van der Waals surface area contributed by atoms with Crippen molar-refractivity contribution >= 4 is 22.6 Å². The summed E-state index contributed by atoms with van der Waals surface area (Å²) < 4.78 is 33.7. The second-order valence-electron chi connectivity index (χ2n) is 8.28. The molecule has 1 aromatic heterocycles. The van der Waals surface area contributed by atoms with Crippen molar-refractivity contribution in [3.05, 3.63) is 69.6 Å². The largest absolute Gasteiger partial charge is 0.443 e. The van der Waals surface area contributed by atoms with E-state index in [0.717, 1.165) is 12.1 Å². The summed E-state index contributed by atoms with van der Waals surface area (Å²) >= 11 is 0. The van der Waals surface area contributed by atoms with Crippen LogP contribution in [0, 0.1) is 11.6 Å². The van der Waals surface area contributed by atoms with Gasteiger partial charge in [-0.25, -0.2) is 24.1 Å². The Labute approximate surface area is 176 Å². The lowest BCUT2D eigenvalue weighted by molar-refractivity contribution is 0.0555. The van der Waals surface area contributed by atoms with Crippen LogP contribution in [0.4, 0.5) is 19.3 Å². The Morgan fingerprint density at radius 1 is 1.19 bits per heavy atom. The summed E-state index contributed by atoms with van der Waals surface area (Å²) in [5.74, 6) is 4.67. The SMILES string of the molecule is CC(C)(C)OC(=O)N1c2cc(F)cc3c(=O)[nH]nc(c23)C(NN)C1c1ccc(F)cc1. The molecule has 10 heteroatoms. The predicted octanol–water partition coefficient (Wildman–Crippen LogP) is 3.20. The zero-order valence-electron chi connectivity index (χ0n) is 17.1. The molecule has 31 heavy (non-hydrogen) atoms. The fraction of sp³-hybridized carbons (Fsp3) is 0.286. The number of hydrazine groups is 1. The van der Waals surface area contributed by atoms with Gasteiger partial charge in [-0.15, -0.1) is 0 Å². The molecular formula is C21H21F2N5O3. The van der Waals surface area contributed by atoms with Gasteiger partial charge >= 0.3 is 6.09 Å². The standard InChI is InChI=1S/C21H21F2N5O3/c1-21(2,3)31-20(30)28-14-9-12(23)8-13-15(14)16(26-27-19(13)29)17(25-24)18(28)10-4-6-11(22)7-5-10/h4-9,17-18,25H,24H2,1-3H3,(H,27,29). The molecule has 0 saturated heterocycles. The van der Waals surface area contributed by atoms with Gasteiger partial charge in [0.05, 0.1) is 28.9 Å². The molecule has 0 aliphatic carbocycles. The Morgan fingerprint density at radius 2 is 1.87 bits per heavy atom. The van der Waals surface area contributed by atoms with E-state index < -0.39 is 41.0 Å². The number of ether oxygens (including phenoxy) is 1. The van der Waals surface area contributed by atoms with Crippen molar-refractivity contribution in [2.75, 3.05) is 4.90 Å². The highest BCUT2D eigenvalue weighted by Crippen LogP contribution is 2.46. The molecule has 1 aliphatic heterocycles. The molecule has 0 saturated carbocycles. The van der Waals surface area contributed by atoms with Crippen molar-refractivity contribution in [2.45, 2.75) is 38.5 Å². The van der Waals surface area contributed by atoms with Crippen LogP contribution in [0.2, 0.25) is 0 Å². The average molecular weight is 429 g/mol.